The largest absolute Gasteiger partial charge is 0.506 e. The van der Waals surface area contributed by atoms with Crippen LogP contribution in [0.15, 0.2) is 53.5 Å². The molecule has 0 saturated carbocycles. The number of fused-ring (bicyclic) bond motifs is 4. The Morgan fingerprint density at radius 2 is 1.93 bits per heavy atom. The molecule has 228 valence electrons. The Labute approximate surface area is 251 Å². The van der Waals surface area contributed by atoms with Gasteiger partial charge in [0.05, 0.1) is 53.5 Å². The van der Waals surface area contributed by atoms with Crippen molar-refractivity contribution in [3.8, 4) is 11.4 Å². The first-order chi connectivity index (χ1) is 21.0. The third kappa shape index (κ3) is 5.82. The van der Waals surface area contributed by atoms with E-state index in [1.807, 2.05) is 0 Å². The van der Waals surface area contributed by atoms with Gasteiger partial charge in [-0.3, -0.25) is 9.59 Å². The van der Waals surface area contributed by atoms with Gasteiger partial charge in [0, 0.05) is 28.8 Å². The van der Waals surface area contributed by atoms with Gasteiger partial charge in [0.1, 0.15) is 12.4 Å². The summed E-state index contributed by atoms with van der Waals surface area (Å²) in [4.78, 5) is 41.4. The van der Waals surface area contributed by atoms with Crippen LogP contribution in [-0.2, 0) is 29.2 Å². The van der Waals surface area contributed by atoms with E-state index in [1.54, 1.807) is 57.3 Å². The van der Waals surface area contributed by atoms with Crippen molar-refractivity contribution in [3.63, 3.8) is 0 Å². The molecule has 44 heavy (non-hydrogen) atoms. The molecule has 5 rings (SSSR count). The second-order valence-corrected chi connectivity index (χ2v) is 10.6. The van der Waals surface area contributed by atoms with Crippen LogP contribution in [-0.4, -0.2) is 45.3 Å². The third-order valence-corrected chi connectivity index (χ3v) is 7.50. The topological polar surface area (TPSA) is 178 Å². The van der Waals surface area contributed by atoms with Crippen LogP contribution in [0.1, 0.15) is 33.4 Å². The minimum atomic E-state index is -1.48. The Morgan fingerprint density at radius 3 is 2.66 bits per heavy atom. The number of hydrogen-bond donors (Lipinski definition) is 5. The van der Waals surface area contributed by atoms with E-state index in [1.165, 1.54) is 21.8 Å². The van der Waals surface area contributed by atoms with Crippen molar-refractivity contribution < 1.29 is 23.8 Å². The standard InChI is InChI=1S/C31H32FN7O5/c1-16-9-27-29-21(13-39(27)30(41)22(16)15-44-31(42)43)20(19-8-17(2)23(32)10-26(19)37-29)12-38(34)14-24(33)18-6-4-5-7-25(18)36-28(40)11-35-3/h4-10,14,35H,11-13,15,33-34H2,1-3H3,(H,36,40)(H,42,43)/b24-14-. The number of nitrogens with zero attached hydrogens (tertiary/aromatic N) is 3. The third-order valence-electron chi connectivity index (χ3n) is 7.50. The van der Waals surface area contributed by atoms with Crippen LogP contribution in [0.25, 0.3) is 28.0 Å². The maximum Gasteiger partial charge on any atom is 0.506 e. The van der Waals surface area contributed by atoms with Crippen LogP contribution >= 0.6 is 0 Å². The summed E-state index contributed by atoms with van der Waals surface area (Å²) < 4.78 is 20.9. The van der Waals surface area contributed by atoms with Crippen LogP contribution in [0.5, 0.6) is 0 Å². The van der Waals surface area contributed by atoms with E-state index in [-0.39, 0.29) is 37.7 Å². The van der Waals surface area contributed by atoms with Crippen molar-refractivity contribution in [2.24, 2.45) is 11.6 Å². The number of likely N-dealkylation sites (N-methyl/N-ethyl adjacent to an activating group) is 1. The van der Waals surface area contributed by atoms with E-state index < -0.39 is 17.5 Å². The van der Waals surface area contributed by atoms with Crippen molar-refractivity contribution >= 4 is 34.3 Å². The Morgan fingerprint density at radius 1 is 1.18 bits per heavy atom. The lowest BCUT2D eigenvalue weighted by Gasteiger charge is -2.20. The predicted molar refractivity (Wildman–Crippen MR) is 164 cm³/mol. The highest BCUT2D eigenvalue weighted by atomic mass is 19.1. The van der Waals surface area contributed by atoms with Gasteiger partial charge in [0.15, 0.2) is 0 Å². The summed E-state index contributed by atoms with van der Waals surface area (Å²) >= 11 is 0. The first-order valence-corrected chi connectivity index (χ1v) is 13.7. The molecule has 3 heterocycles. The summed E-state index contributed by atoms with van der Waals surface area (Å²) in [6.07, 6.45) is 0.0567. The summed E-state index contributed by atoms with van der Waals surface area (Å²) in [7, 11) is 1.67. The molecular weight excluding hydrogens is 569 g/mol. The molecule has 2 aromatic heterocycles. The average Bonchev–Trinajstić information content (AvgIpc) is 3.32. The molecular formula is C31H32FN7O5. The molecule has 2 aromatic carbocycles. The van der Waals surface area contributed by atoms with Gasteiger partial charge < -0.3 is 35.8 Å². The van der Waals surface area contributed by atoms with Crippen LogP contribution < -0.4 is 27.8 Å². The minimum Gasteiger partial charge on any atom is -0.450 e. The molecule has 0 atom stereocenters. The second-order valence-electron chi connectivity index (χ2n) is 10.6. The lowest BCUT2D eigenvalue weighted by Crippen LogP contribution is -2.28. The smallest absolute Gasteiger partial charge is 0.450 e. The number of carboxylic acid groups (broad SMARTS) is 1. The molecule has 1 aliphatic rings. The van der Waals surface area contributed by atoms with Crippen molar-refractivity contribution in [2.45, 2.75) is 33.5 Å². The zero-order valence-corrected chi connectivity index (χ0v) is 24.4. The molecule has 0 radical (unpaired) electrons. The Hall–Kier alpha value is -5.27. The molecule has 0 spiro atoms. The van der Waals surface area contributed by atoms with E-state index in [4.69, 9.17) is 21.7 Å². The van der Waals surface area contributed by atoms with Gasteiger partial charge in [-0.1, -0.05) is 18.2 Å². The lowest BCUT2D eigenvalue weighted by atomic mass is 9.98. The highest BCUT2D eigenvalue weighted by molar-refractivity contribution is 5.95. The monoisotopic (exact) mass is 601 g/mol. The first-order valence-electron chi connectivity index (χ1n) is 13.7. The Bertz CT molecular complexity index is 1900. The molecule has 12 nitrogen and oxygen atoms in total. The van der Waals surface area contributed by atoms with Gasteiger partial charge in [-0.25, -0.2) is 20.0 Å². The van der Waals surface area contributed by atoms with Crippen molar-refractivity contribution in [3.05, 3.63) is 98.2 Å². The van der Waals surface area contributed by atoms with Crippen LogP contribution in [0, 0.1) is 19.7 Å². The second kappa shape index (κ2) is 12.1. The lowest BCUT2D eigenvalue weighted by molar-refractivity contribution is -0.115. The van der Waals surface area contributed by atoms with E-state index in [9.17, 15) is 18.8 Å². The summed E-state index contributed by atoms with van der Waals surface area (Å²) in [6, 6.07) is 11.9. The summed E-state index contributed by atoms with van der Waals surface area (Å²) in [5, 5.41) is 16.6. The molecule has 13 heteroatoms. The normalized spacial score (nSPS) is 12.2. The quantitative estimate of drug-likeness (QED) is 0.0958. The first kappa shape index (κ1) is 30.2. The minimum absolute atomic E-state index is 0.123. The molecule has 1 aliphatic heterocycles. The number of hydrazine groups is 1. The van der Waals surface area contributed by atoms with Gasteiger partial charge in [0.25, 0.3) is 5.56 Å². The van der Waals surface area contributed by atoms with Crippen LogP contribution in [0.4, 0.5) is 14.9 Å². The average molecular weight is 602 g/mol. The molecule has 0 fully saturated rings. The molecule has 1 amide bonds. The highest BCUT2D eigenvalue weighted by Crippen LogP contribution is 2.37. The molecule has 0 bridgehead atoms. The Balaban J connectivity index is 1.57. The van der Waals surface area contributed by atoms with Gasteiger partial charge in [-0.2, -0.15) is 0 Å². The fourth-order valence-electron chi connectivity index (χ4n) is 5.37. The number of nitrogens with one attached hydrogen (secondary N) is 2. The molecule has 0 unspecified atom stereocenters. The van der Waals surface area contributed by atoms with E-state index in [0.717, 1.165) is 11.1 Å². The SMILES string of the molecule is CNCC(=O)Nc1ccccc1/C(N)=C/N(N)Cc1c2c(nc3cc(F)c(C)cc13)-c1cc(C)c(COC(=O)O)c(=O)n1C2. The number of aryl methyl sites for hydroxylation is 2. The molecule has 0 saturated heterocycles. The number of rotatable bonds is 9. The Kier molecular flexibility index (Phi) is 8.34. The zero-order chi connectivity index (χ0) is 31.7. The highest BCUT2D eigenvalue weighted by Gasteiger charge is 2.28. The number of amides is 1. The van der Waals surface area contributed by atoms with Gasteiger partial charge in [-0.15, -0.1) is 0 Å². The number of anilines is 1. The summed E-state index contributed by atoms with van der Waals surface area (Å²) in [6.45, 7) is 3.35. The molecule has 7 N–H and O–H groups in total. The van der Waals surface area contributed by atoms with E-state index >= 15 is 0 Å². The predicted octanol–water partition coefficient (Wildman–Crippen LogP) is 3.17. The number of aromatic nitrogens is 2. The van der Waals surface area contributed by atoms with Crippen molar-refractivity contribution in [1.29, 1.82) is 0 Å². The summed E-state index contributed by atoms with van der Waals surface area (Å²) in [5.41, 5.74) is 11.5. The fraction of sp³-hybridized carbons (Fsp3) is 0.226. The van der Waals surface area contributed by atoms with Crippen molar-refractivity contribution in [1.82, 2.24) is 19.9 Å². The van der Waals surface area contributed by atoms with Gasteiger partial charge in [0.2, 0.25) is 5.91 Å². The van der Waals surface area contributed by atoms with Gasteiger partial charge >= 0.3 is 6.16 Å². The summed E-state index contributed by atoms with van der Waals surface area (Å²) in [5.74, 6) is 5.83. The number of halogens is 1. The number of nitrogens with two attached hydrogens (primary N) is 2. The number of carbonyl (C=O) groups excluding carboxylic acids is 1. The number of ether oxygens (including phenoxy) is 1. The van der Waals surface area contributed by atoms with Crippen LogP contribution in [0.2, 0.25) is 0 Å². The van der Waals surface area contributed by atoms with Crippen molar-refractivity contribution in [2.75, 3.05) is 18.9 Å². The fourth-order valence-corrected chi connectivity index (χ4v) is 5.37. The van der Waals surface area contributed by atoms with E-state index in [2.05, 4.69) is 15.4 Å². The molecule has 4 aromatic rings. The number of benzene rings is 2. The maximum absolute atomic E-state index is 14.7. The number of carbonyl (C=O) groups is 2. The van der Waals surface area contributed by atoms with Gasteiger partial charge in [-0.05, 0) is 55.8 Å². The number of hydrogen-bond acceptors (Lipinski definition) is 9. The van der Waals surface area contributed by atoms with E-state index in [0.29, 0.717) is 50.4 Å². The zero-order valence-electron chi connectivity index (χ0n) is 24.4. The maximum atomic E-state index is 14.7. The molecule has 0 aliphatic carbocycles. The van der Waals surface area contributed by atoms with Crippen LogP contribution in [0.3, 0.4) is 0 Å². The number of pyridine rings is 2. The number of para-hydroxylation sites is 1.